The highest BCUT2D eigenvalue weighted by Gasteiger charge is 2.09. The van der Waals surface area contributed by atoms with Gasteiger partial charge in [-0.2, -0.15) is 0 Å². The van der Waals surface area contributed by atoms with Crippen LogP contribution < -0.4 is 10.5 Å². The van der Waals surface area contributed by atoms with Gasteiger partial charge in [-0.15, -0.1) is 0 Å². The minimum Gasteiger partial charge on any atom is -0.495 e. The van der Waals surface area contributed by atoms with Gasteiger partial charge in [-0.05, 0) is 24.3 Å². The second-order valence-corrected chi connectivity index (χ2v) is 4.59. The van der Waals surface area contributed by atoms with Gasteiger partial charge >= 0.3 is 0 Å². The number of methoxy groups -OCH3 is 1. The summed E-state index contributed by atoms with van der Waals surface area (Å²) >= 11 is 0. The number of nitrogen functional groups attached to an aromatic ring is 1. The molecule has 0 aliphatic rings. The number of nitrogens with zero attached hydrogens (tertiary/aromatic N) is 2. The van der Waals surface area contributed by atoms with Crippen LogP contribution in [0, 0.1) is 5.82 Å². The van der Waals surface area contributed by atoms with Crippen molar-refractivity contribution in [2.75, 3.05) is 12.8 Å². The van der Waals surface area contributed by atoms with Crippen molar-refractivity contribution in [2.24, 2.45) is 0 Å². The molecule has 0 aliphatic heterocycles. The number of halogens is 1. The van der Waals surface area contributed by atoms with E-state index >= 15 is 0 Å². The van der Waals surface area contributed by atoms with Crippen molar-refractivity contribution < 1.29 is 9.13 Å². The van der Waals surface area contributed by atoms with Gasteiger partial charge in [-0.1, -0.05) is 12.1 Å². The van der Waals surface area contributed by atoms with Crippen LogP contribution in [0.25, 0.3) is 16.9 Å². The van der Waals surface area contributed by atoms with Crippen LogP contribution in [-0.4, -0.2) is 16.7 Å². The Hall–Kier alpha value is -2.82. The van der Waals surface area contributed by atoms with Crippen LogP contribution in [0.3, 0.4) is 0 Å². The molecule has 0 saturated carbocycles. The number of nitrogens with two attached hydrogens (primary N) is 1. The van der Waals surface area contributed by atoms with Gasteiger partial charge in [0, 0.05) is 11.6 Å². The Morgan fingerprint density at radius 3 is 2.81 bits per heavy atom. The summed E-state index contributed by atoms with van der Waals surface area (Å²) in [5.74, 6) is 0.307. The molecular formula is C16H14FN3O. The molecule has 0 aliphatic carbocycles. The summed E-state index contributed by atoms with van der Waals surface area (Å²) in [5.41, 5.74) is 8.78. The van der Waals surface area contributed by atoms with E-state index in [1.807, 2.05) is 22.8 Å². The molecule has 3 aromatic rings. The molecule has 4 nitrogen and oxygen atoms in total. The normalized spacial score (nSPS) is 10.6. The molecule has 3 rings (SSSR count). The van der Waals surface area contributed by atoms with Crippen molar-refractivity contribution in [3.05, 3.63) is 60.8 Å². The van der Waals surface area contributed by atoms with E-state index in [-0.39, 0.29) is 5.82 Å². The molecular weight excluding hydrogens is 269 g/mol. The molecule has 5 heteroatoms. The summed E-state index contributed by atoms with van der Waals surface area (Å²) < 4.78 is 20.5. The van der Waals surface area contributed by atoms with Gasteiger partial charge < -0.3 is 10.5 Å². The van der Waals surface area contributed by atoms with Crippen molar-refractivity contribution in [2.45, 2.75) is 0 Å². The summed E-state index contributed by atoms with van der Waals surface area (Å²) in [6.07, 6.45) is 3.36. The molecule has 21 heavy (non-hydrogen) atoms. The second-order valence-electron chi connectivity index (χ2n) is 4.59. The first kappa shape index (κ1) is 13.2. The van der Waals surface area contributed by atoms with Gasteiger partial charge in [-0.3, -0.25) is 4.57 Å². The number of ether oxygens (including phenoxy) is 1. The van der Waals surface area contributed by atoms with E-state index in [0.29, 0.717) is 11.4 Å². The molecule has 1 heterocycles. The minimum absolute atomic E-state index is 0.282. The third-order valence-corrected chi connectivity index (χ3v) is 3.25. The maximum Gasteiger partial charge on any atom is 0.143 e. The number of hydrogen-bond donors (Lipinski definition) is 1. The van der Waals surface area contributed by atoms with E-state index in [4.69, 9.17) is 10.5 Å². The minimum atomic E-state index is -0.282. The molecule has 1 aromatic heterocycles. The monoisotopic (exact) mass is 283 g/mol. The Labute approximate surface area is 121 Å². The largest absolute Gasteiger partial charge is 0.495 e. The topological polar surface area (TPSA) is 53.1 Å². The second kappa shape index (κ2) is 5.28. The first-order chi connectivity index (χ1) is 10.2. The van der Waals surface area contributed by atoms with Gasteiger partial charge in [0.1, 0.15) is 11.6 Å². The van der Waals surface area contributed by atoms with Crippen LogP contribution in [0.15, 0.2) is 55.0 Å². The summed E-state index contributed by atoms with van der Waals surface area (Å²) in [6, 6.07) is 11.8. The lowest BCUT2D eigenvalue weighted by molar-refractivity contribution is 0.417. The van der Waals surface area contributed by atoms with E-state index in [1.54, 1.807) is 31.8 Å². The third-order valence-electron chi connectivity index (χ3n) is 3.25. The lowest BCUT2D eigenvalue weighted by Gasteiger charge is -2.11. The highest BCUT2D eigenvalue weighted by atomic mass is 19.1. The van der Waals surface area contributed by atoms with Crippen LogP contribution in [0.1, 0.15) is 0 Å². The Bertz CT molecular complexity index is 783. The average molecular weight is 283 g/mol. The smallest absolute Gasteiger partial charge is 0.143 e. The maximum absolute atomic E-state index is 13.4. The summed E-state index contributed by atoms with van der Waals surface area (Å²) in [7, 11) is 1.57. The highest BCUT2D eigenvalue weighted by molar-refractivity contribution is 5.64. The zero-order valence-corrected chi connectivity index (χ0v) is 11.5. The zero-order chi connectivity index (χ0) is 14.8. The van der Waals surface area contributed by atoms with E-state index < -0.39 is 0 Å². The molecule has 0 amide bonds. The predicted molar refractivity (Wildman–Crippen MR) is 79.9 cm³/mol. The lowest BCUT2D eigenvalue weighted by Crippen LogP contribution is -1.98. The van der Waals surface area contributed by atoms with Gasteiger partial charge in [0.05, 0.1) is 36.7 Å². The maximum atomic E-state index is 13.4. The fraction of sp³-hybridized carbons (Fsp3) is 0.0625. The molecule has 0 fully saturated rings. The van der Waals surface area contributed by atoms with Crippen molar-refractivity contribution >= 4 is 5.69 Å². The molecule has 0 bridgehead atoms. The van der Waals surface area contributed by atoms with Crippen LogP contribution in [0.2, 0.25) is 0 Å². The fourth-order valence-electron chi connectivity index (χ4n) is 2.21. The van der Waals surface area contributed by atoms with Gasteiger partial charge in [0.25, 0.3) is 0 Å². The first-order valence-electron chi connectivity index (χ1n) is 6.41. The molecule has 0 saturated heterocycles. The molecule has 0 atom stereocenters. The van der Waals surface area contributed by atoms with Crippen molar-refractivity contribution in [3.8, 4) is 22.7 Å². The van der Waals surface area contributed by atoms with E-state index in [1.165, 1.54) is 12.1 Å². The third kappa shape index (κ3) is 2.45. The number of imidazole rings is 1. The first-order valence-corrected chi connectivity index (χ1v) is 6.41. The Kier molecular flexibility index (Phi) is 3.31. The van der Waals surface area contributed by atoms with Crippen LogP contribution >= 0.6 is 0 Å². The fourth-order valence-corrected chi connectivity index (χ4v) is 2.21. The molecule has 2 N–H and O–H groups in total. The van der Waals surface area contributed by atoms with Crippen molar-refractivity contribution in [1.82, 2.24) is 9.55 Å². The number of hydrogen-bond acceptors (Lipinski definition) is 3. The number of anilines is 1. The molecule has 0 spiro atoms. The van der Waals surface area contributed by atoms with Crippen molar-refractivity contribution in [1.29, 1.82) is 0 Å². The van der Waals surface area contributed by atoms with Gasteiger partial charge in [0.2, 0.25) is 0 Å². The number of rotatable bonds is 3. The highest BCUT2D eigenvalue weighted by Crippen LogP contribution is 2.28. The van der Waals surface area contributed by atoms with E-state index in [9.17, 15) is 4.39 Å². The standard InChI is InChI=1S/C16H14FN3O/c1-21-16-8-13(5-6-14(16)18)20-10-19-9-15(20)11-3-2-4-12(17)7-11/h2-10H,18H2,1H3. The van der Waals surface area contributed by atoms with Crippen molar-refractivity contribution in [3.63, 3.8) is 0 Å². The van der Waals surface area contributed by atoms with Gasteiger partial charge in [-0.25, -0.2) is 9.37 Å². The van der Waals surface area contributed by atoms with Crippen LogP contribution in [0.4, 0.5) is 10.1 Å². The Morgan fingerprint density at radius 2 is 2.05 bits per heavy atom. The lowest BCUT2D eigenvalue weighted by atomic mass is 10.1. The average Bonchev–Trinajstić information content (AvgIpc) is 2.97. The summed E-state index contributed by atoms with van der Waals surface area (Å²) in [4.78, 5) is 4.15. The number of aromatic nitrogens is 2. The quantitative estimate of drug-likeness (QED) is 0.751. The molecule has 106 valence electrons. The summed E-state index contributed by atoms with van der Waals surface area (Å²) in [6.45, 7) is 0. The Balaban J connectivity index is 2.11. The van der Waals surface area contributed by atoms with Gasteiger partial charge in [0.15, 0.2) is 0 Å². The Morgan fingerprint density at radius 1 is 1.19 bits per heavy atom. The van der Waals surface area contributed by atoms with Crippen LogP contribution in [0.5, 0.6) is 5.75 Å². The predicted octanol–water partition coefficient (Wildman–Crippen LogP) is 3.27. The van der Waals surface area contributed by atoms with E-state index in [0.717, 1.165) is 16.9 Å². The van der Waals surface area contributed by atoms with E-state index in [2.05, 4.69) is 4.98 Å². The van der Waals surface area contributed by atoms with Crippen LogP contribution in [-0.2, 0) is 0 Å². The molecule has 0 radical (unpaired) electrons. The zero-order valence-electron chi connectivity index (χ0n) is 11.5. The molecule has 0 unspecified atom stereocenters. The number of benzene rings is 2. The summed E-state index contributed by atoms with van der Waals surface area (Å²) in [5, 5.41) is 0. The molecule has 2 aromatic carbocycles. The SMILES string of the molecule is COc1cc(-n2cncc2-c2cccc(F)c2)ccc1N.